The fourth-order valence-corrected chi connectivity index (χ4v) is 3.38. The lowest BCUT2D eigenvalue weighted by molar-refractivity contribution is 0.239. The number of hydrogen-bond donors (Lipinski definition) is 2. The molecule has 6 heteroatoms. The Kier molecular flexibility index (Phi) is 5.91. The van der Waals surface area contributed by atoms with Crippen LogP contribution in [0.4, 0.5) is 14.9 Å². The molecule has 0 saturated carbocycles. The van der Waals surface area contributed by atoms with Crippen LogP contribution in [0.25, 0.3) is 0 Å². The van der Waals surface area contributed by atoms with Crippen LogP contribution in [0.15, 0.2) is 53.0 Å². The molecule has 1 aliphatic rings. The monoisotopic (exact) mass is 405 g/mol. The number of nitrogens with zero attached hydrogens (tertiary/aromatic N) is 1. The Labute approximate surface area is 155 Å². The molecule has 0 radical (unpaired) electrons. The van der Waals surface area contributed by atoms with Gasteiger partial charge in [-0.3, -0.25) is 0 Å². The van der Waals surface area contributed by atoms with Gasteiger partial charge in [-0.2, -0.15) is 0 Å². The largest absolute Gasteiger partial charge is 0.371 e. The summed E-state index contributed by atoms with van der Waals surface area (Å²) < 4.78 is 13.9. The molecule has 2 aromatic rings. The van der Waals surface area contributed by atoms with Crippen LogP contribution in [0.2, 0.25) is 0 Å². The average molecular weight is 406 g/mol. The SMILES string of the molecule is O=C(NCc1ccc(F)cc1)NCC1CCN(c2cccc(Br)c2)C1. The number of rotatable bonds is 5. The first kappa shape index (κ1) is 17.7. The Morgan fingerprint density at radius 1 is 1.20 bits per heavy atom. The Balaban J connectivity index is 1.40. The highest BCUT2D eigenvalue weighted by Crippen LogP contribution is 2.25. The maximum absolute atomic E-state index is 12.8. The van der Waals surface area contributed by atoms with Gasteiger partial charge in [0.15, 0.2) is 0 Å². The normalized spacial score (nSPS) is 16.7. The maximum atomic E-state index is 12.8. The third-order valence-electron chi connectivity index (χ3n) is 4.38. The van der Waals surface area contributed by atoms with E-state index in [1.54, 1.807) is 12.1 Å². The minimum atomic E-state index is -0.274. The quantitative estimate of drug-likeness (QED) is 0.791. The molecule has 1 unspecified atom stereocenters. The van der Waals surface area contributed by atoms with Gasteiger partial charge >= 0.3 is 6.03 Å². The van der Waals surface area contributed by atoms with E-state index in [0.29, 0.717) is 19.0 Å². The Hall–Kier alpha value is -2.08. The van der Waals surface area contributed by atoms with E-state index in [9.17, 15) is 9.18 Å². The van der Waals surface area contributed by atoms with Gasteiger partial charge in [-0.1, -0.05) is 34.1 Å². The van der Waals surface area contributed by atoms with Crippen molar-refractivity contribution in [3.63, 3.8) is 0 Å². The smallest absolute Gasteiger partial charge is 0.315 e. The van der Waals surface area contributed by atoms with Crippen LogP contribution in [-0.4, -0.2) is 25.7 Å². The van der Waals surface area contributed by atoms with Crippen molar-refractivity contribution in [3.05, 3.63) is 64.4 Å². The highest BCUT2D eigenvalue weighted by molar-refractivity contribution is 9.10. The Morgan fingerprint density at radius 2 is 2.00 bits per heavy atom. The molecular formula is C19H21BrFN3O. The van der Waals surface area contributed by atoms with Crippen molar-refractivity contribution in [2.45, 2.75) is 13.0 Å². The van der Waals surface area contributed by atoms with Gasteiger partial charge in [0.1, 0.15) is 5.82 Å². The molecule has 25 heavy (non-hydrogen) atoms. The van der Waals surface area contributed by atoms with E-state index in [1.165, 1.54) is 17.8 Å². The Bertz CT molecular complexity index is 723. The van der Waals surface area contributed by atoms with Crippen molar-refractivity contribution in [3.8, 4) is 0 Å². The molecule has 3 rings (SSSR count). The summed E-state index contributed by atoms with van der Waals surface area (Å²) in [6, 6.07) is 14.2. The molecule has 0 bridgehead atoms. The lowest BCUT2D eigenvalue weighted by atomic mass is 10.1. The number of halogens is 2. The van der Waals surface area contributed by atoms with Crippen molar-refractivity contribution < 1.29 is 9.18 Å². The van der Waals surface area contributed by atoms with Crippen molar-refractivity contribution >= 4 is 27.6 Å². The zero-order valence-corrected chi connectivity index (χ0v) is 15.4. The molecule has 1 saturated heterocycles. The Morgan fingerprint density at radius 3 is 2.76 bits per heavy atom. The van der Waals surface area contributed by atoms with Gasteiger partial charge in [0, 0.05) is 36.3 Å². The predicted octanol–water partition coefficient (Wildman–Crippen LogP) is 3.91. The summed E-state index contributed by atoms with van der Waals surface area (Å²) >= 11 is 3.50. The van der Waals surface area contributed by atoms with Gasteiger partial charge in [-0.25, -0.2) is 9.18 Å². The molecule has 1 fully saturated rings. The average Bonchev–Trinajstić information content (AvgIpc) is 3.08. The van der Waals surface area contributed by atoms with Gasteiger partial charge in [0.25, 0.3) is 0 Å². The minimum Gasteiger partial charge on any atom is -0.371 e. The molecule has 132 valence electrons. The third-order valence-corrected chi connectivity index (χ3v) is 4.87. The lowest BCUT2D eigenvalue weighted by Gasteiger charge is -2.19. The van der Waals surface area contributed by atoms with E-state index in [0.717, 1.165) is 29.5 Å². The number of urea groups is 1. The van der Waals surface area contributed by atoms with Crippen molar-refractivity contribution in [2.24, 2.45) is 5.92 Å². The highest BCUT2D eigenvalue weighted by atomic mass is 79.9. The van der Waals surface area contributed by atoms with E-state index in [1.807, 2.05) is 12.1 Å². The van der Waals surface area contributed by atoms with Crippen LogP contribution in [0.3, 0.4) is 0 Å². The lowest BCUT2D eigenvalue weighted by Crippen LogP contribution is -2.38. The summed E-state index contributed by atoms with van der Waals surface area (Å²) in [5.41, 5.74) is 2.08. The van der Waals surface area contributed by atoms with Crippen LogP contribution in [-0.2, 0) is 6.54 Å². The first-order valence-corrected chi connectivity index (χ1v) is 9.16. The van der Waals surface area contributed by atoms with Crippen LogP contribution in [0.1, 0.15) is 12.0 Å². The molecule has 2 amide bonds. The molecule has 4 nitrogen and oxygen atoms in total. The van der Waals surface area contributed by atoms with Crippen LogP contribution in [0, 0.1) is 11.7 Å². The number of carbonyl (C=O) groups is 1. The van der Waals surface area contributed by atoms with Gasteiger partial charge in [0.2, 0.25) is 0 Å². The number of benzene rings is 2. The van der Waals surface area contributed by atoms with Crippen LogP contribution >= 0.6 is 15.9 Å². The van der Waals surface area contributed by atoms with E-state index < -0.39 is 0 Å². The molecule has 2 aromatic carbocycles. The van der Waals surface area contributed by atoms with Crippen LogP contribution < -0.4 is 15.5 Å². The summed E-state index contributed by atoms with van der Waals surface area (Å²) in [7, 11) is 0. The van der Waals surface area contributed by atoms with E-state index in [4.69, 9.17) is 0 Å². The van der Waals surface area contributed by atoms with Crippen molar-refractivity contribution in [1.82, 2.24) is 10.6 Å². The van der Waals surface area contributed by atoms with Crippen molar-refractivity contribution in [1.29, 1.82) is 0 Å². The topological polar surface area (TPSA) is 44.4 Å². The molecule has 0 aromatic heterocycles. The van der Waals surface area contributed by atoms with E-state index >= 15 is 0 Å². The van der Waals surface area contributed by atoms with Gasteiger partial charge in [-0.15, -0.1) is 0 Å². The van der Waals surface area contributed by atoms with Gasteiger partial charge in [0.05, 0.1) is 0 Å². The third kappa shape index (κ3) is 5.19. The molecule has 0 spiro atoms. The zero-order chi connectivity index (χ0) is 17.6. The number of amides is 2. The standard InChI is InChI=1S/C19H21BrFN3O/c20-16-2-1-3-18(10-16)24-9-8-15(13-24)12-23-19(25)22-11-14-4-6-17(21)7-5-14/h1-7,10,15H,8-9,11-13H2,(H2,22,23,25). The molecule has 0 aliphatic carbocycles. The van der Waals surface area contributed by atoms with Crippen LogP contribution in [0.5, 0.6) is 0 Å². The minimum absolute atomic E-state index is 0.190. The van der Waals surface area contributed by atoms with E-state index in [2.05, 4.69) is 43.6 Å². The second-order valence-corrected chi connectivity index (χ2v) is 7.19. The van der Waals surface area contributed by atoms with Crippen molar-refractivity contribution in [2.75, 3.05) is 24.5 Å². The maximum Gasteiger partial charge on any atom is 0.315 e. The number of nitrogens with one attached hydrogen (secondary N) is 2. The summed E-state index contributed by atoms with van der Waals surface area (Å²) in [5, 5.41) is 5.73. The summed E-state index contributed by atoms with van der Waals surface area (Å²) in [4.78, 5) is 14.3. The van der Waals surface area contributed by atoms with E-state index in [-0.39, 0.29) is 11.8 Å². The number of hydrogen-bond acceptors (Lipinski definition) is 2. The highest BCUT2D eigenvalue weighted by Gasteiger charge is 2.23. The molecule has 1 aliphatic heterocycles. The van der Waals surface area contributed by atoms with Gasteiger partial charge in [-0.05, 0) is 48.2 Å². The first-order valence-electron chi connectivity index (χ1n) is 8.37. The summed E-state index contributed by atoms with van der Waals surface area (Å²) in [6.45, 7) is 2.98. The first-order chi connectivity index (χ1) is 12.1. The number of anilines is 1. The molecular weight excluding hydrogens is 385 g/mol. The molecule has 1 heterocycles. The second kappa shape index (κ2) is 8.34. The number of carbonyl (C=O) groups excluding carboxylic acids is 1. The fraction of sp³-hybridized carbons (Fsp3) is 0.316. The summed E-state index contributed by atoms with van der Waals surface area (Å²) in [5.74, 6) is 0.167. The van der Waals surface area contributed by atoms with Gasteiger partial charge < -0.3 is 15.5 Å². The summed E-state index contributed by atoms with van der Waals surface area (Å²) in [6.07, 6.45) is 1.06. The fourth-order valence-electron chi connectivity index (χ4n) is 2.99. The predicted molar refractivity (Wildman–Crippen MR) is 101 cm³/mol. The second-order valence-electron chi connectivity index (χ2n) is 6.27. The molecule has 1 atom stereocenters. The molecule has 2 N–H and O–H groups in total. The zero-order valence-electron chi connectivity index (χ0n) is 13.8.